The quantitative estimate of drug-likeness (QED) is 0.119. The Morgan fingerprint density at radius 2 is 1.65 bits per heavy atom. The van der Waals surface area contributed by atoms with Crippen LogP contribution in [0.1, 0.15) is 68.9 Å². The van der Waals surface area contributed by atoms with Crippen LogP contribution in [-0.2, 0) is 16.1 Å². The molecule has 0 saturated carbocycles. The van der Waals surface area contributed by atoms with E-state index in [-0.39, 0.29) is 6.04 Å². The van der Waals surface area contributed by atoms with Gasteiger partial charge in [0.2, 0.25) is 0 Å². The van der Waals surface area contributed by atoms with Crippen molar-refractivity contribution < 1.29 is 34.4 Å². The summed E-state index contributed by atoms with van der Waals surface area (Å²) >= 11 is 2.37. The Hall–Kier alpha value is -2.90. The Morgan fingerprint density at radius 1 is 0.977 bits per heavy atom. The average molecular weight is 710 g/mol. The van der Waals surface area contributed by atoms with Gasteiger partial charge in [-0.15, -0.1) is 0 Å². The Labute approximate surface area is 267 Å². The van der Waals surface area contributed by atoms with Gasteiger partial charge in [-0.3, -0.25) is 9.80 Å². The zero-order chi connectivity index (χ0) is 31.4. The first-order valence-electron chi connectivity index (χ1n) is 14.9. The summed E-state index contributed by atoms with van der Waals surface area (Å²) in [6, 6.07) is 15.4. The maximum Gasteiger partial charge on any atom is 0.414 e. The lowest BCUT2D eigenvalue weighted by Crippen LogP contribution is -2.58. The molecule has 2 bridgehead atoms. The topological polar surface area (TPSA) is 140 Å². The smallest absolute Gasteiger partial charge is 0.414 e. The molecule has 4 rings (SSSR count). The number of fused-ring (bicyclic) bond motifs is 2. The normalized spacial score (nSPS) is 19.6. The third-order valence-electron chi connectivity index (χ3n) is 8.19. The van der Waals surface area contributed by atoms with Gasteiger partial charge < -0.3 is 25.4 Å². The standard InChI is InChI=1S/C30H42IN3O3.C2H2O4/c1-22-13-14-29(37-2)28(17-22)34(30(35)36)27-19-25-11-8-12-26(20-27)33(25)16-6-4-3-5-15-32-21-23-9-7-10-24(31)18-23;3-1(4)2(5)6/h7,9-10,13-14,17-18,25-27,32H,3-6,8,11-12,15-16,19-21H2,1-2H3,(H,35,36);(H,3,4)(H,5,6). The van der Waals surface area contributed by atoms with Gasteiger partial charge in [-0.25, -0.2) is 14.4 Å². The summed E-state index contributed by atoms with van der Waals surface area (Å²) in [4.78, 5) is 35.0. The molecule has 10 nitrogen and oxygen atoms in total. The van der Waals surface area contributed by atoms with E-state index >= 15 is 0 Å². The molecule has 11 heteroatoms. The molecule has 2 aromatic carbocycles. The summed E-state index contributed by atoms with van der Waals surface area (Å²) in [5.74, 6) is -3.02. The van der Waals surface area contributed by atoms with Crippen LogP contribution in [0.4, 0.5) is 10.5 Å². The number of aliphatic carboxylic acids is 2. The molecule has 43 heavy (non-hydrogen) atoms. The van der Waals surface area contributed by atoms with Gasteiger partial charge in [-0.2, -0.15) is 0 Å². The number of unbranched alkanes of at least 4 members (excludes halogenated alkanes) is 3. The highest BCUT2D eigenvalue weighted by Gasteiger charge is 2.42. The van der Waals surface area contributed by atoms with Crippen molar-refractivity contribution in [1.29, 1.82) is 0 Å². The molecule has 4 N–H and O–H groups in total. The SMILES string of the molecule is COc1ccc(C)cc1N(C(=O)O)C1CC2CCCC(C1)N2CCCCCCNCc1cccc(I)c1.O=C(O)C(=O)O. The van der Waals surface area contributed by atoms with Crippen LogP contribution in [0.15, 0.2) is 42.5 Å². The molecule has 2 atom stereocenters. The molecular formula is C32H44IN3O7. The van der Waals surface area contributed by atoms with Crippen molar-refractivity contribution in [2.45, 2.75) is 89.4 Å². The molecule has 0 spiro atoms. The monoisotopic (exact) mass is 709 g/mol. The number of nitrogens with zero attached hydrogens (tertiary/aromatic N) is 2. The van der Waals surface area contributed by atoms with Gasteiger partial charge in [0.1, 0.15) is 5.75 Å². The van der Waals surface area contributed by atoms with Crippen molar-refractivity contribution in [1.82, 2.24) is 10.2 Å². The Bertz CT molecular complexity index is 1200. The minimum Gasteiger partial charge on any atom is -0.495 e. The number of ether oxygens (including phenoxy) is 1. The number of piperidine rings is 2. The minimum absolute atomic E-state index is 0.00118. The van der Waals surface area contributed by atoms with Gasteiger partial charge in [0.25, 0.3) is 0 Å². The van der Waals surface area contributed by atoms with Gasteiger partial charge >= 0.3 is 18.0 Å². The van der Waals surface area contributed by atoms with E-state index in [1.807, 2.05) is 25.1 Å². The number of nitrogens with one attached hydrogen (secondary N) is 1. The molecule has 2 aliphatic heterocycles. The fourth-order valence-electron chi connectivity index (χ4n) is 6.25. The number of methoxy groups -OCH3 is 1. The lowest BCUT2D eigenvalue weighted by molar-refractivity contribution is -0.159. The second kappa shape index (κ2) is 17.4. The van der Waals surface area contributed by atoms with Crippen LogP contribution in [0.5, 0.6) is 5.75 Å². The summed E-state index contributed by atoms with van der Waals surface area (Å²) in [6.07, 6.45) is 9.48. The highest BCUT2D eigenvalue weighted by Crippen LogP contribution is 2.40. The maximum absolute atomic E-state index is 12.4. The molecule has 2 fully saturated rings. The van der Waals surface area contributed by atoms with E-state index in [9.17, 15) is 9.90 Å². The van der Waals surface area contributed by atoms with Crippen molar-refractivity contribution in [2.24, 2.45) is 0 Å². The molecule has 236 valence electrons. The predicted molar refractivity (Wildman–Crippen MR) is 174 cm³/mol. The van der Waals surface area contributed by atoms with Crippen LogP contribution >= 0.6 is 22.6 Å². The average Bonchev–Trinajstić information content (AvgIpc) is 2.95. The first-order chi connectivity index (χ1) is 20.6. The molecule has 2 aliphatic rings. The third kappa shape index (κ3) is 10.6. The number of carboxylic acid groups (broad SMARTS) is 3. The van der Waals surface area contributed by atoms with Gasteiger partial charge in [0.05, 0.1) is 12.8 Å². The number of benzene rings is 2. The Morgan fingerprint density at radius 3 is 2.26 bits per heavy atom. The number of aryl methyl sites for hydroxylation is 1. The van der Waals surface area contributed by atoms with E-state index in [2.05, 4.69) is 57.1 Å². The first kappa shape index (κ1) is 34.6. The van der Waals surface area contributed by atoms with E-state index in [0.717, 1.165) is 38.0 Å². The van der Waals surface area contributed by atoms with Gasteiger partial charge in [-0.1, -0.05) is 37.5 Å². The minimum atomic E-state index is -1.82. The summed E-state index contributed by atoms with van der Waals surface area (Å²) < 4.78 is 6.83. The molecular weight excluding hydrogens is 665 g/mol. The Kier molecular flexibility index (Phi) is 14.0. The van der Waals surface area contributed by atoms with E-state index < -0.39 is 18.0 Å². The lowest BCUT2D eigenvalue weighted by atomic mass is 9.80. The molecule has 2 heterocycles. The summed E-state index contributed by atoms with van der Waals surface area (Å²) in [6.45, 7) is 5.14. The van der Waals surface area contributed by atoms with Crippen molar-refractivity contribution in [3.8, 4) is 5.75 Å². The van der Waals surface area contributed by atoms with Crippen molar-refractivity contribution in [3.05, 3.63) is 57.2 Å². The van der Waals surface area contributed by atoms with Crippen LogP contribution in [0.3, 0.4) is 0 Å². The number of hydrogen-bond acceptors (Lipinski definition) is 6. The van der Waals surface area contributed by atoms with Gasteiger partial charge in [0.15, 0.2) is 0 Å². The number of rotatable bonds is 12. The lowest BCUT2D eigenvalue weighted by Gasteiger charge is -2.50. The number of carbonyl (C=O) groups is 3. The number of amides is 1. The van der Waals surface area contributed by atoms with E-state index in [4.69, 9.17) is 24.5 Å². The number of anilines is 1. The number of carboxylic acids is 2. The summed E-state index contributed by atoms with van der Waals surface area (Å²) in [7, 11) is 1.62. The zero-order valence-electron chi connectivity index (χ0n) is 25.0. The van der Waals surface area contributed by atoms with Crippen LogP contribution < -0.4 is 15.0 Å². The van der Waals surface area contributed by atoms with Crippen LogP contribution in [0, 0.1) is 10.5 Å². The number of hydrogen-bond donors (Lipinski definition) is 4. The first-order valence-corrected chi connectivity index (χ1v) is 16.0. The maximum atomic E-state index is 12.4. The molecule has 0 aromatic heterocycles. The van der Waals surface area contributed by atoms with Crippen LogP contribution in [0.25, 0.3) is 0 Å². The van der Waals surface area contributed by atoms with Crippen molar-refractivity contribution >= 4 is 46.3 Å². The zero-order valence-corrected chi connectivity index (χ0v) is 27.2. The molecule has 1 amide bonds. The van der Waals surface area contributed by atoms with Crippen LogP contribution in [-0.4, -0.2) is 76.6 Å². The highest BCUT2D eigenvalue weighted by molar-refractivity contribution is 14.1. The fraction of sp³-hybridized carbons (Fsp3) is 0.531. The van der Waals surface area contributed by atoms with Gasteiger partial charge in [0, 0.05) is 28.2 Å². The van der Waals surface area contributed by atoms with E-state index in [1.54, 1.807) is 12.0 Å². The predicted octanol–water partition coefficient (Wildman–Crippen LogP) is 5.98. The van der Waals surface area contributed by atoms with Crippen LogP contribution in [0.2, 0.25) is 0 Å². The van der Waals surface area contributed by atoms with E-state index in [1.165, 1.54) is 54.1 Å². The van der Waals surface area contributed by atoms with Crippen molar-refractivity contribution in [2.75, 3.05) is 25.1 Å². The summed E-state index contributed by atoms with van der Waals surface area (Å²) in [5.41, 5.74) is 3.08. The molecule has 2 unspecified atom stereocenters. The van der Waals surface area contributed by atoms with E-state index in [0.29, 0.717) is 23.5 Å². The summed E-state index contributed by atoms with van der Waals surface area (Å²) in [5, 5.41) is 28.6. The second-order valence-corrected chi connectivity index (χ2v) is 12.5. The highest BCUT2D eigenvalue weighted by atomic mass is 127. The molecule has 0 radical (unpaired) electrons. The fourth-order valence-corrected chi connectivity index (χ4v) is 6.86. The van der Waals surface area contributed by atoms with Gasteiger partial charge in [-0.05, 0) is 117 Å². The molecule has 0 aliphatic carbocycles. The van der Waals surface area contributed by atoms with Crippen molar-refractivity contribution in [3.63, 3.8) is 0 Å². The Balaban J connectivity index is 0.000000765. The molecule has 2 saturated heterocycles. The molecule has 2 aromatic rings. The third-order valence-corrected chi connectivity index (χ3v) is 8.86. The largest absolute Gasteiger partial charge is 0.495 e. The second-order valence-electron chi connectivity index (χ2n) is 11.3. The number of halogens is 1.